The molecule has 0 radical (unpaired) electrons. The molecule has 25 heavy (non-hydrogen) atoms. The molecule has 3 heterocycles. The van der Waals surface area contributed by atoms with Gasteiger partial charge < -0.3 is 10.6 Å². The smallest absolute Gasteiger partial charge is 0.185 e. The first-order valence-electron chi connectivity index (χ1n) is 7.92. The highest BCUT2D eigenvalue weighted by molar-refractivity contribution is 7.97. The number of allylic oxidation sites excluding steroid dienone is 1. The van der Waals surface area contributed by atoms with E-state index in [0.29, 0.717) is 5.82 Å². The van der Waals surface area contributed by atoms with E-state index >= 15 is 0 Å². The van der Waals surface area contributed by atoms with Gasteiger partial charge in [0.25, 0.3) is 0 Å². The molecule has 0 saturated carbocycles. The zero-order valence-electron chi connectivity index (χ0n) is 14.6. The van der Waals surface area contributed by atoms with E-state index in [1.54, 1.807) is 30.2 Å². The fourth-order valence-electron chi connectivity index (χ4n) is 2.17. The maximum atomic E-state index is 5.61. The second kappa shape index (κ2) is 9.47. The van der Waals surface area contributed by atoms with Crippen molar-refractivity contribution >= 4 is 39.8 Å². The summed E-state index contributed by atoms with van der Waals surface area (Å²) in [5.74, 6) is 2.81. The number of terminal acetylenes is 1. The van der Waals surface area contributed by atoms with Crippen molar-refractivity contribution in [1.82, 2.24) is 14.3 Å². The van der Waals surface area contributed by atoms with Crippen LogP contribution in [0.5, 0.6) is 0 Å². The van der Waals surface area contributed by atoms with Crippen LogP contribution in [0.4, 0.5) is 10.9 Å². The molecular formula is C18H23N5S2. The molecule has 0 aliphatic carbocycles. The lowest BCUT2D eigenvalue weighted by Gasteiger charge is -2.33. The van der Waals surface area contributed by atoms with Crippen LogP contribution in [0.3, 0.4) is 0 Å². The number of nitrogens with two attached hydrogens (primary N) is 1. The molecule has 0 unspecified atom stereocenters. The minimum absolute atomic E-state index is 0.561. The average molecular weight is 374 g/mol. The van der Waals surface area contributed by atoms with Crippen molar-refractivity contribution in [1.29, 1.82) is 0 Å². The van der Waals surface area contributed by atoms with Gasteiger partial charge >= 0.3 is 0 Å². The van der Waals surface area contributed by atoms with E-state index in [9.17, 15) is 0 Å². The molecule has 5 nitrogen and oxygen atoms in total. The molecule has 0 bridgehead atoms. The molecule has 1 aliphatic rings. The summed E-state index contributed by atoms with van der Waals surface area (Å²) in [5, 5.41) is 1.09. The largest absolute Gasteiger partial charge is 0.384 e. The Morgan fingerprint density at radius 3 is 2.48 bits per heavy atom. The number of hydrogen-bond donors (Lipinski definition) is 1. The number of thiazole rings is 1. The maximum Gasteiger partial charge on any atom is 0.185 e. The normalized spacial score (nSPS) is 14.4. The predicted molar refractivity (Wildman–Crippen MR) is 110 cm³/mol. The van der Waals surface area contributed by atoms with Gasteiger partial charge in [-0.2, -0.15) is 0 Å². The first kappa shape index (κ1) is 19.3. The van der Waals surface area contributed by atoms with Gasteiger partial charge in [0.1, 0.15) is 5.82 Å². The Bertz CT molecular complexity index is 725. The summed E-state index contributed by atoms with van der Waals surface area (Å²) in [6.07, 6.45) is 8.34. The Kier molecular flexibility index (Phi) is 7.31. The van der Waals surface area contributed by atoms with Crippen LogP contribution in [0.15, 0.2) is 36.0 Å². The molecule has 7 heteroatoms. The predicted octanol–water partition coefficient (Wildman–Crippen LogP) is 3.62. The standard InChI is InChI=1S/C15H19N5S2.C3H4/c1-11(2)13-10-18-15(21-13)19-5-7-20(8-6-19)22-12-3-4-14(16)17-9-12;1-3-2/h3-4,9-10H,1,5-8H2,2H3,(H2,16,17);1H,2H3. The average Bonchev–Trinajstić information content (AvgIpc) is 3.09. The summed E-state index contributed by atoms with van der Waals surface area (Å²) in [7, 11) is 0. The zero-order chi connectivity index (χ0) is 18.2. The lowest BCUT2D eigenvalue weighted by molar-refractivity contribution is 0.429. The zero-order valence-corrected chi connectivity index (χ0v) is 16.2. The summed E-state index contributed by atoms with van der Waals surface area (Å²) in [6.45, 7) is 11.6. The summed E-state index contributed by atoms with van der Waals surface area (Å²) in [4.78, 5) is 13.3. The van der Waals surface area contributed by atoms with E-state index in [1.165, 1.54) is 4.88 Å². The monoisotopic (exact) mass is 373 g/mol. The first-order chi connectivity index (χ1) is 12.0. The second-order valence-electron chi connectivity index (χ2n) is 5.50. The van der Waals surface area contributed by atoms with Crippen molar-refractivity contribution < 1.29 is 0 Å². The Labute approximate surface area is 158 Å². The molecule has 2 aromatic rings. The van der Waals surface area contributed by atoms with Crippen LogP contribution in [0, 0.1) is 12.3 Å². The molecule has 1 fully saturated rings. The van der Waals surface area contributed by atoms with Gasteiger partial charge in [-0.15, -0.1) is 12.3 Å². The molecule has 0 aromatic carbocycles. The Hall–Kier alpha value is -2.01. The van der Waals surface area contributed by atoms with E-state index in [4.69, 9.17) is 5.73 Å². The number of rotatable bonds is 4. The van der Waals surface area contributed by atoms with E-state index < -0.39 is 0 Å². The fraction of sp³-hybridized carbons (Fsp3) is 0.333. The molecule has 132 valence electrons. The van der Waals surface area contributed by atoms with Gasteiger partial charge in [-0.3, -0.25) is 0 Å². The van der Waals surface area contributed by atoms with Crippen molar-refractivity contribution in [2.75, 3.05) is 36.8 Å². The molecule has 0 amide bonds. The van der Waals surface area contributed by atoms with Crippen LogP contribution in [-0.4, -0.2) is 40.5 Å². The van der Waals surface area contributed by atoms with Crippen molar-refractivity contribution in [3.05, 3.63) is 36.0 Å². The Morgan fingerprint density at radius 1 is 1.28 bits per heavy atom. The van der Waals surface area contributed by atoms with Crippen LogP contribution in [0.2, 0.25) is 0 Å². The quantitative estimate of drug-likeness (QED) is 0.652. The van der Waals surface area contributed by atoms with E-state index in [1.807, 2.05) is 31.5 Å². The van der Waals surface area contributed by atoms with Crippen molar-refractivity contribution in [2.45, 2.75) is 18.7 Å². The van der Waals surface area contributed by atoms with Gasteiger partial charge in [0.05, 0.1) is 4.88 Å². The van der Waals surface area contributed by atoms with Gasteiger partial charge in [-0.1, -0.05) is 17.9 Å². The fourth-order valence-corrected chi connectivity index (χ4v) is 3.94. The van der Waals surface area contributed by atoms with E-state index in [0.717, 1.165) is 41.8 Å². The Morgan fingerprint density at radius 2 is 1.96 bits per heavy atom. The van der Waals surface area contributed by atoms with Crippen LogP contribution in [-0.2, 0) is 0 Å². The summed E-state index contributed by atoms with van der Waals surface area (Å²) >= 11 is 3.46. The third kappa shape index (κ3) is 5.78. The molecule has 1 saturated heterocycles. The first-order valence-corrected chi connectivity index (χ1v) is 9.51. The third-order valence-electron chi connectivity index (χ3n) is 3.42. The van der Waals surface area contributed by atoms with Gasteiger partial charge in [-0.05, 0) is 43.5 Å². The molecule has 1 aliphatic heterocycles. The highest BCUT2D eigenvalue weighted by Crippen LogP contribution is 2.29. The summed E-state index contributed by atoms with van der Waals surface area (Å²) < 4.78 is 2.36. The molecule has 0 atom stereocenters. The minimum Gasteiger partial charge on any atom is -0.384 e. The van der Waals surface area contributed by atoms with Crippen molar-refractivity contribution in [2.24, 2.45) is 0 Å². The summed E-state index contributed by atoms with van der Waals surface area (Å²) in [5.41, 5.74) is 6.69. The number of piperazine rings is 1. The van der Waals surface area contributed by atoms with Crippen molar-refractivity contribution in [3.63, 3.8) is 0 Å². The second-order valence-corrected chi connectivity index (χ2v) is 7.68. The SMILES string of the molecule is C#CC.C=C(C)c1cnc(N2CCN(Sc3ccc(N)nc3)CC2)s1. The highest BCUT2D eigenvalue weighted by atomic mass is 32.2. The number of nitrogen functional groups attached to an aromatic ring is 1. The maximum absolute atomic E-state index is 5.61. The highest BCUT2D eigenvalue weighted by Gasteiger charge is 2.20. The number of anilines is 2. The molecule has 2 N–H and O–H groups in total. The molecule has 0 spiro atoms. The minimum atomic E-state index is 0.561. The van der Waals surface area contributed by atoms with Crippen molar-refractivity contribution in [3.8, 4) is 12.3 Å². The topological polar surface area (TPSA) is 58.3 Å². The van der Waals surface area contributed by atoms with Crippen LogP contribution in [0.1, 0.15) is 18.7 Å². The molecule has 2 aromatic heterocycles. The number of hydrogen-bond acceptors (Lipinski definition) is 7. The third-order valence-corrected chi connectivity index (χ3v) is 5.71. The summed E-state index contributed by atoms with van der Waals surface area (Å²) in [6, 6.07) is 3.85. The Balaban J connectivity index is 0.000000701. The lowest BCUT2D eigenvalue weighted by Crippen LogP contribution is -2.43. The number of nitrogens with zero attached hydrogens (tertiary/aromatic N) is 4. The van der Waals surface area contributed by atoms with Gasteiger partial charge in [0, 0.05) is 43.5 Å². The van der Waals surface area contributed by atoms with Gasteiger partial charge in [0.2, 0.25) is 0 Å². The molecular weight excluding hydrogens is 350 g/mol. The number of aromatic nitrogens is 2. The van der Waals surface area contributed by atoms with E-state index in [-0.39, 0.29) is 0 Å². The van der Waals surface area contributed by atoms with Gasteiger partial charge in [0.15, 0.2) is 5.13 Å². The van der Waals surface area contributed by atoms with Crippen LogP contribution in [0.25, 0.3) is 5.57 Å². The lowest BCUT2D eigenvalue weighted by atomic mass is 10.3. The number of pyridine rings is 1. The van der Waals surface area contributed by atoms with Crippen LogP contribution >= 0.6 is 23.3 Å². The van der Waals surface area contributed by atoms with E-state index in [2.05, 4.69) is 38.1 Å². The van der Waals surface area contributed by atoms with Gasteiger partial charge in [-0.25, -0.2) is 14.3 Å². The van der Waals surface area contributed by atoms with Crippen LogP contribution < -0.4 is 10.6 Å². The molecule has 3 rings (SSSR count).